The minimum Gasteiger partial charge on any atom is -0.387 e. The van der Waals surface area contributed by atoms with Crippen molar-refractivity contribution in [3.63, 3.8) is 0 Å². The first-order valence-corrected chi connectivity index (χ1v) is 11.9. The van der Waals surface area contributed by atoms with Gasteiger partial charge in [-0.25, -0.2) is 0 Å². The number of hydrogen-bond acceptors (Lipinski definition) is 5. The largest absolute Gasteiger partial charge is 0.387 e. The van der Waals surface area contributed by atoms with Gasteiger partial charge in [0.1, 0.15) is 11.7 Å². The van der Waals surface area contributed by atoms with Crippen LogP contribution in [0.25, 0.3) is 0 Å². The molecule has 0 spiro atoms. The minimum atomic E-state index is -1.04. The fourth-order valence-corrected chi connectivity index (χ4v) is 6.70. The van der Waals surface area contributed by atoms with Gasteiger partial charge in [-0.2, -0.15) is 10.4 Å². The van der Waals surface area contributed by atoms with Gasteiger partial charge in [0, 0.05) is 31.2 Å². The van der Waals surface area contributed by atoms with E-state index in [2.05, 4.69) is 36.3 Å². The molecule has 0 bridgehead atoms. The number of rotatable bonds is 5. The summed E-state index contributed by atoms with van der Waals surface area (Å²) in [4.78, 5) is 0. The number of allylic oxidation sites excluding steroid dienone is 5. The molecule has 4 aliphatic rings. The van der Waals surface area contributed by atoms with E-state index in [1.54, 1.807) is 24.2 Å². The molecule has 1 saturated carbocycles. The molecule has 0 saturated heterocycles. The lowest BCUT2D eigenvalue weighted by Crippen LogP contribution is -2.49. The van der Waals surface area contributed by atoms with Gasteiger partial charge in [0.2, 0.25) is 0 Å². The molecule has 0 aromatic carbocycles. The second-order valence-corrected chi connectivity index (χ2v) is 10.6. The van der Waals surface area contributed by atoms with Crippen molar-refractivity contribution in [1.29, 1.82) is 5.26 Å². The Kier molecular flexibility index (Phi) is 5.28. The maximum Gasteiger partial charge on any atom is 0.102 e. The molecule has 1 fully saturated rings. The molecule has 1 aromatic heterocycles. The topological polar surface area (TPSA) is 91.3 Å². The molecule has 4 aliphatic carbocycles. The standard InChI is InChI=1S/C27H33N3O3/c1-18(15-30-16-19(13-28)14-29-30)27(32)11-8-24-23-5-4-20-12-26(31,17-33-3)10-7-21(20)22(23)6-9-25(24,27)2/h6,8-9,11,14,16,18,20,31-32H,4-5,7,10,12,15,17H2,1-3H3/t18?,20-,25-,26+,27-/m0/s1. The number of methoxy groups -OCH3 is 1. The van der Waals surface area contributed by atoms with Gasteiger partial charge < -0.3 is 14.9 Å². The normalized spacial score (nSPS) is 35.8. The van der Waals surface area contributed by atoms with Crippen LogP contribution in [0.4, 0.5) is 0 Å². The van der Waals surface area contributed by atoms with Crippen LogP contribution in [0.2, 0.25) is 0 Å². The number of ether oxygens (including phenoxy) is 1. The zero-order valence-electron chi connectivity index (χ0n) is 19.7. The number of nitrogens with zero attached hydrogens (tertiary/aromatic N) is 3. The lowest BCUT2D eigenvalue weighted by molar-refractivity contribution is -0.0609. The lowest BCUT2D eigenvalue weighted by Gasteiger charge is -2.47. The van der Waals surface area contributed by atoms with Gasteiger partial charge in [-0.3, -0.25) is 4.68 Å². The summed E-state index contributed by atoms with van der Waals surface area (Å²) >= 11 is 0. The van der Waals surface area contributed by atoms with E-state index in [4.69, 9.17) is 10.00 Å². The number of fused-ring (bicyclic) bond motifs is 3. The molecule has 0 aliphatic heterocycles. The zero-order valence-corrected chi connectivity index (χ0v) is 19.7. The van der Waals surface area contributed by atoms with Gasteiger partial charge in [0.25, 0.3) is 0 Å². The monoisotopic (exact) mass is 447 g/mol. The van der Waals surface area contributed by atoms with Gasteiger partial charge in [-0.1, -0.05) is 36.8 Å². The van der Waals surface area contributed by atoms with Crippen molar-refractivity contribution in [3.8, 4) is 6.07 Å². The molecule has 1 unspecified atom stereocenters. The summed E-state index contributed by atoms with van der Waals surface area (Å²) in [6, 6.07) is 2.11. The summed E-state index contributed by atoms with van der Waals surface area (Å²) in [5.41, 5.74) is 3.62. The minimum absolute atomic E-state index is 0.0998. The molecular formula is C27H33N3O3. The van der Waals surface area contributed by atoms with Crippen molar-refractivity contribution in [2.45, 2.75) is 63.7 Å². The molecule has 5 atom stereocenters. The first-order chi connectivity index (χ1) is 15.7. The van der Waals surface area contributed by atoms with Crippen molar-refractivity contribution in [2.24, 2.45) is 17.3 Å². The maximum absolute atomic E-state index is 11.9. The Morgan fingerprint density at radius 3 is 2.85 bits per heavy atom. The summed E-state index contributed by atoms with van der Waals surface area (Å²) < 4.78 is 7.04. The molecule has 0 amide bonds. The smallest absolute Gasteiger partial charge is 0.102 e. The van der Waals surface area contributed by atoms with E-state index >= 15 is 0 Å². The quantitative estimate of drug-likeness (QED) is 0.716. The highest BCUT2D eigenvalue weighted by atomic mass is 16.5. The van der Waals surface area contributed by atoms with Crippen LogP contribution in [-0.4, -0.2) is 44.9 Å². The maximum atomic E-state index is 11.9. The van der Waals surface area contributed by atoms with Gasteiger partial charge in [0.05, 0.1) is 24.0 Å². The van der Waals surface area contributed by atoms with Crippen molar-refractivity contribution in [2.75, 3.05) is 13.7 Å². The third-order valence-corrected chi connectivity index (χ3v) is 8.58. The van der Waals surface area contributed by atoms with Gasteiger partial charge in [-0.05, 0) is 61.7 Å². The summed E-state index contributed by atoms with van der Waals surface area (Å²) in [7, 11) is 1.66. The Balaban J connectivity index is 1.44. The molecule has 2 N–H and O–H groups in total. The summed E-state index contributed by atoms with van der Waals surface area (Å²) in [5.74, 6) is 0.293. The van der Waals surface area contributed by atoms with Crippen molar-refractivity contribution < 1.29 is 14.9 Å². The third-order valence-electron chi connectivity index (χ3n) is 8.58. The van der Waals surface area contributed by atoms with Crippen LogP contribution in [0, 0.1) is 28.6 Å². The van der Waals surface area contributed by atoms with E-state index in [0.717, 1.165) is 32.1 Å². The van der Waals surface area contributed by atoms with Crippen LogP contribution >= 0.6 is 0 Å². The van der Waals surface area contributed by atoms with Crippen molar-refractivity contribution in [1.82, 2.24) is 9.78 Å². The first-order valence-electron chi connectivity index (χ1n) is 11.9. The second-order valence-electron chi connectivity index (χ2n) is 10.6. The highest BCUT2D eigenvalue weighted by Gasteiger charge is 2.55. The number of nitriles is 1. The Labute approximate surface area is 195 Å². The number of hydrogen-bond donors (Lipinski definition) is 2. The fourth-order valence-electron chi connectivity index (χ4n) is 6.70. The Morgan fingerprint density at radius 1 is 1.30 bits per heavy atom. The molecule has 0 radical (unpaired) electrons. The molecule has 1 heterocycles. The van der Waals surface area contributed by atoms with Crippen LogP contribution in [0.1, 0.15) is 51.5 Å². The summed E-state index contributed by atoms with van der Waals surface area (Å²) in [5, 5.41) is 36.2. The van der Waals surface area contributed by atoms with Crippen LogP contribution in [0.3, 0.4) is 0 Å². The summed E-state index contributed by atoms with van der Waals surface area (Å²) in [6.07, 6.45) is 16.2. The van der Waals surface area contributed by atoms with Crippen LogP contribution in [0.15, 0.2) is 59.0 Å². The molecule has 6 nitrogen and oxygen atoms in total. The zero-order chi connectivity index (χ0) is 23.4. The number of aliphatic hydroxyl groups is 2. The molecular weight excluding hydrogens is 414 g/mol. The molecule has 1 aromatic rings. The fraction of sp³-hybridized carbons (Fsp3) is 0.556. The lowest BCUT2D eigenvalue weighted by atomic mass is 9.60. The Hall–Kier alpha value is -2.46. The average molecular weight is 448 g/mol. The van der Waals surface area contributed by atoms with E-state index in [1.807, 2.05) is 13.0 Å². The number of aromatic nitrogens is 2. The van der Waals surface area contributed by atoms with Gasteiger partial charge in [0.15, 0.2) is 0 Å². The van der Waals surface area contributed by atoms with Crippen LogP contribution < -0.4 is 0 Å². The Bertz CT molecular complexity index is 1140. The molecule has 6 heteroatoms. The third kappa shape index (κ3) is 3.37. The van der Waals surface area contributed by atoms with E-state index < -0.39 is 16.6 Å². The second kappa shape index (κ2) is 7.80. The Morgan fingerprint density at radius 2 is 2.12 bits per heavy atom. The van der Waals surface area contributed by atoms with E-state index in [1.165, 1.54) is 22.3 Å². The average Bonchev–Trinajstić information content (AvgIpc) is 3.35. The first kappa shape index (κ1) is 22.3. The van der Waals surface area contributed by atoms with E-state index in [-0.39, 0.29) is 5.92 Å². The summed E-state index contributed by atoms with van der Waals surface area (Å²) in [6.45, 7) is 5.11. The van der Waals surface area contributed by atoms with Crippen molar-refractivity contribution >= 4 is 0 Å². The highest BCUT2D eigenvalue weighted by molar-refractivity contribution is 5.62. The molecule has 33 heavy (non-hydrogen) atoms. The van der Waals surface area contributed by atoms with E-state index in [0.29, 0.717) is 24.6 Å². The van der Waals surface area contributed by atoms with Gasteiger partial charge in [-0.15, -0.1) is 0 Å². The highest BCUT2D eigenvalue weighted by Crippen LogP contribution is 2.58. The van der Waals surface area contributed by atoms with Crippen LogP contribution in [0.5, 0.6) is 0 Å². The predicted molar refractivity (Wildman–Crippen MR) is 125 cm³/mol. The molecule has 5 rings (SSSR count). The van der Waals surface area contributed by atoms with Crippen molar-refractivity contribution in [3.05, 3.63) is 64.6 Å². The molecule has 174 valence electrons. The SMILES string of the molecule is COC[C@@]1(O)CCC2=C3C=C[C@@]4(C)C(=C3CC[C@H]2C1)C=C[C@]4(O)C(C)Cn1cc(C#N)cn1. The van der Waals surface area contributed by atoms with Crippen LogP contribution in [-0.2, 0) is 11.3 Å². The predicted octanol–water partition coefficient (Wildman–Crippen LogP) is 3.83. The van der Waals surface area contributed by atoms with E-state index in [9.17, 15) is 10.2 Å². The van der Waals surface area contributed by atoms with Gasteiger partial charge >= 0.3 is 0 Å².